The van der Waals surface area contributed by atoms with Gasteiger partial charge in [0.2, 0.25) is 0 Å². The van der Waals surface area contributed by atoms with E-state index in [1.54, 1.807) is 11.3 Å². The van der Waals surface area contributed by atoms with Crippen molar-refractivity contribution in [3.63, 3.8) is 0 Å². The third-order valence-electron chi connectivity index (χ3n) is 2.89. The maximum absolute atomic E-state index is 5.90. The largest absolute Gasteiger partial charge is 0.311 e. The molecule has 1 heterocycles. The number of thiophene rings is 1. The first-order chi connectivity index (χ1) is 9.24. The molecule has 102 valence electrons. The molecule has 0 aliphatic carbocycles. The lowest BCUT2D eigenvalue weighted by molar-refractivity contribution is 0.324. The fourth-order valence-electron chi connectivity index (χ4n) is 1.90. The SMILES string of the molecule is CN(CCNCc1ccc(Cl)s1)Cc1ccccc1. The van der Waals surface area contributed by atoms with E-state index in [4.69, 9.17) is 11.6 Å². The Bertz CT molecular complexity index is 484. The lowest BCUT2D eigenvalue weighted by Crippen LogP contribution is -2.28. The van der Waals surface area contributed by atoms with E-state index < -0.39 is 0 Å². The molecule has 0 amide bonds. The normalized spacial score (nSPS) is 11.1. The number of nitrogens with zero attached hydrogens (tertiary/aromatic N) is 1. The van der Waals surface area contributed by atoms with Gasteiger partial charge in [0, 0.05) is 31.1 Å². The third kappa shape index (κ3) is 5.33. The minimum absolute atomic E-state index is 0.859. The van der Waals surface area contributed by atoms with Gasteiger partial charge >= 0.3 is 0 Å². The second-order valence-corrected chi connectivity index (χ2v) is 6.41. The highest BCUT2D eigenvalue weighted by atomic mass is 35.5. The Morgan fingerprint density at radius 1 is 1.16 bits per heavy atom. The quantitative estimate of drug-likeness (QED) is 0.785. The van der Waals surface area contributed by atoms with Gasteiger partial charge in [-0.05, 0) is 24.7 Å². The van der Waals surface area contributed by atoms with Crippen molar-refractivity contribution in [1.29, 1.82) is 0 Å². The molecule has 0 unspecified atom stereocenters. The maximum atomic E-state index is 5.90. The van der Waals surface area contributed by atoms with Crippen LogP contribution in [-0.2, 0) is 13.1 Å². The molecule has 2 aromatic rings. The first kappa shape index (κ1) is 14.5. The number of hydrogen-bond acceptors (Lipinski definition) is 3. The second-order valence-electron chi connectivity index (χ2n) is 4.61. The second kappa shape index (κ2) is 7.65. The van der Waals surface area contributed by atoms with E-state index in [1.807, 2.05) is 6.07 Å². The molecule has 0 radical (unpaired) electrons. The summed E-state index contributed by atoms with van der Waals surface area (Å²) in [5, 5.41) is 3.44. The van der Waals surface area contributed by atoms with Crippen LogP contribution in [-0.4, -0.2) is 25.0 Å². The number of nitrogens with one attached hydrogen (secondary N) is 1. The van der Waals surface area contributed by atoms with Gasteiger partial charge in [0.15, 0.2) is 0 Å². The van der Waals surface area contributed by atoms with Crippen molar-refractivity contribution in [3.05, 3.63) is 57.2 Å². The topological polar surface area (TPSA) is 15.3 Å². The molecule has 2 rings (SSSR count). The zero-order valence-corrected chi connectivity index (χ0v) is 12.7. The van der Waals surface area contributed by atoms with E-state index in [0.717, 1.165) is 30.5 Å². The summed E-state index contributed by atoms with van der Waals surface area (Å²) in [5.74, 6) is 0. The summed E-state index contributed by atoms with van der Waals surface area (Å²) in [6.45, 7) is 3.91. The molecule has 0 aliphatic rings. The lowest BCUT2D eigenvalue weighted by atomic mass is 10.2. The molecule has 0 atom stereocenters. The molecule has 1 N–H and O–H groups in total. The highest BCUT2D eigenvalue weighted by Crippen LogP contribution is 2.20. The van der Waals surface area contributed by atoms with Crippen molar-refractivity contribution in [2.45, 2.75) is 13.1 Å². The summed E-state index contributed by atoms with van der Waals surface area (Å²) in [7, 11) is 2.15. The monoisotopic (exact) mass is 294 g/mol. The molecular weight excluding hydrogens is 276 g/mol. The van der Waals surface area contributed by atoms with E-state index in [2.05, 4.69) is 53.7 Å². The molecule has 1 aromatic carbocycles. The zero-order valence-electron chi connectivity index (χ0n) is 11.1. The zero-order chi connectivity index (χ0) is 13.5. The van der Waals surface area contributed by atoms with Crippen LogP contribution in [0.4, 0.5) is 0 Å². The number of rotatable bonds is 7. The van der Waals surface area contributed by atoms with Gasteiger partial charge in [-0.25, -0.2) is 0 Å². The Morgan fingerprint density at radius 3 is 2.63 bits per heavy atom. The van der Waals surface area contributed by atoms with Crippen molar-refractivity contribution < 1.29 is 0 Å². The summed E-state index contributed by atoms with van der Waals surface area (Å²) in [4.78, 5) is 3.61. The van der Waals surface area contributed by atoms with Crippen molar-refractivity contribution in [2.75, 3.05) is 20.1 Å². The van der Waals surface area contributed by atoms with Gasteiger partial charge in [0.1, 0.15) is 0 Å². The number of halogens is 1. The molecule has 0 bridgehead atoms. The smallest absolute Gasteiger partial charge is 0.0931 e. The predicted molar refractivity (Wildman–Crippen MR) is 83.8 cm³/mol. The van der Waals surface area contributed by atoms with E-state index in [0.29, 0.717) is 0 Å². The minimum Gasteiger partial charge on any atom is -0.311 e. The molecule has 0 saturated heterocycles. The van der Waals surface area contributed by atoms with Gasteiger partial charge in [0.25, 0.3) is 0 Å². The van der Waals surface area contributed by atoms with Crippen LogP contribution in [0.25, 0.3) is 0 Å². The first-order valence-corrected chi connectivity index (χ1v) is 7.61. The molecule has 0 aliphatic heterocycles. The van der Waals surface area contributed by atoms with Gasteiger partial charge < -0.3 is 10.2 Å². The van der Waals surface area contributed by atoms with Gasteiger partial charge in [-0.3, -0.25) is 0 Å². The highest BCUT2D eigenvalue weighted by molar-refractivity contribution is 7.16. The van der Waals surface area contributed by atoms with Crippen molar-refractivity contribution in [2.24, 2.45) is 0 Å². The standard InChI is InChI=1S/C15H19ClN2S/c1-18(12-13-5-3-2-4-6-13)10-9-17-11-14-7-8-15(16)19-14/h2-8,17H,9-12H2,1H3. The Hall–Kier alpha value is -0.870. The summed E-state index contributed by atoms with van der Waals surface area (Å²) < 4.78 is 0.859. The van der Waals surface area contributed by atoms with Crippen LogP contribution >= 0.6 is 22.9 Å². The molecule has 19 heavy (non-hydrogen) atoms. The predicted octanol–water partition coefficient (Wildman–Crippen LogP) is 3.62. The van der Waals surface area contributed by atoms with Crippen LogP contribution < -0.4 is 5.32 Å². The fraction of sp³-hybridized carbons (Fsp3) is 0.333. The van der Waals surface area contributed by atoms with Crippen LogP contribution in [0.2, 0.25) is 4.34 Å². The molecular formula is C15H19ClN2S. The summed E-state index contributed by atoms with van der Waals surface area (Å²) in [5.41, 5.74) is 1.36. The van der Waals surface area contributed by atoms with Crippen LogP contribution in [0.5, 0.6) is 0 Å². The average Bonchev–Trinajstić information content (AvgIpc) is 2.82. The third-order valence-corrected chi connectivity index (χ3v) is 4.12. The molecule has 0 spiro atoms. The average molecular weight is 295 g/mol. The molecule has 4 heteroatoms. The van der Waals surface area contributed by atoms with Crippen LogP contribution in [0.1, 0.15) is 10.4 Å². The summed E-state index contributed by atoms with van der Waals surface area (Å²) >= 11 is 7.53. The Morgan fingerprint density at radius 2 is 1.95 bits per heavy atom. The molecule has 1 aromatic heterocycles. The molecule has 0 fully saturated rings. The number of benzene rings is 1. The van der Waals surface area contributed by atoms with Crippen molar-refractivity contribution >= 4 is 22.9 Å². The van der Waals surface area contributed by atoms with Crippen LogP contribution in [0, 0.1) is 0 Å². The highest BCUT2D eigenvalue weighted by Gasteiger charge is 2.00. The number of hydrogen-bond donors (Lipinski definition) is 1. The fourth-order valence-corrected chi connectivity index (χ4v) is 2.96. The van der Waals surface area contributed by atoms with Gasteiger partial charge in [-0.1, -0.05) is 41.9 Å². The van der Waals surface area contributed by atoms with Gasteiger partial charge in [0.05, 0.1) is 4.34 Å². The van der Waals surface area contributed by atoms with E-state index in [-0.39, 0.29) is 0 Å². The van der Waals surface area contributed by atoms with Gasteiger partial charge in [-0.15, -0.1) is 11.3 Å². The minimum atomic E-state index is 0.859. The maximum Gasteiger partial charge on any atom is 0.0931 e. The van der Waals surface area contributed by atoms with E-state index in [1.165, 1.54) is 10.4 Å². The van der Waals surface area contributed by atoms with Crippen molar-refractivity contribution in [3.8, 4) is 0 Å². The van der Waals surface area contributed by atoms with Crippen LogP contribution in [0.3, 0.4) is 0 Å². The Labute approximate surface area is 124 Å². The van der Waals surface area contributed by atoms with E-state index in [9.17, 15) is 0 Å². The van der Waals surface area contributed by atoms with Crippen molar-refractivity contribution in [1.82, 2.24) is 10.2 Å². The molecule has 2 nitrogen and oxygen atoms in total. The van der Waals surface area contributed by atoms with Crippen LogP contribution in [0.15, 0.2) is 42.5 Å². The number of likely N-dealkylation sites (N-methyl/N-ethyl adjacent to an activating group) is 1. The van der Waals surface area contributed by atoms with E-state index >= 15 is 0 Å². The molecule has 0 saturated carbocycles. The first-order valence-electron chi connectivity index (χ1n) is 6.41. The Balaban J connectivity index is 1.63. The lowest BCUT2D eigenvalue weighted by Gasteiger charge is -2.16. The Kier molecular flexibility index (Phi) is 5.86. The van der Waals surface area contributed by atoms with Gasteiger partial charge in [-0.2, -0.15) is 0 Å². The summed E-state index contributed by atoms with van der Waals surface area (Å²) in [6.07, 6.45) is 0. The summed E-state index contributed by atoms with van der Waals surface area (Å²) in [6, 6.07) is 14.6.